The molecular weight excluding hydrogens is 269 g/mol. The van der Waals surface area contributed by atoms with E-state index in [0.717, 1.165) is 12.0 Å². The van der Waals surface area contributed by atoms with Crippen molar-refractivity contribution in [2.45, 2.75) is 45.6 Å². The van der Waals surface area contributed by atoms with Crippen LogP contribution in [0.1, 0.15) is 57.4 Å². The third-order valence-corrected chi connectivity index (χ3v) is 3.61. The zero-order valence-corrected chi connectivity index (χ0v) is 12.9. The summed E-state index contributed by atoms with van der Waals surface area (Å²) in [6, 6.07) is 6.08. The molecule has 1 unspecified atom stereocenters. The molecule has 4 nitrogen and oxygen atoms in total. The number of hydrogen-bond donors (Lipinski definition) is 1. The molecule has 2 aromatic rings. The van der Waals surface area contributed by atoms with Gasteiger partial charge in [-0.05, 0) is 43.9 Å². The van der Waals surface area contributed by atoms with Gasteiger partial charge in [0.15, 0.2) is 5.82 Å². The molecule has 0 amide bonds. The zero-order chi connectivity index (χ0) is 15.6. The van der Waals surface area contributed by atoms with Crippen molar-refractivity contribution in [1.82, 2.24) is 10.1 Å². The summed E-state index contributed by atoms with van der Waals surface area (Å²) < 4.78 is 18.3. The van der Waals surface area contributed by atoms with Gasteiger partial charge < -0.3 is 10.3 Å². The summed E-state index contributed by atoms with van der Waals surface area (Å²) in [7, 11) is 0. The number of rotatable bonds is 5. The highest BCUT2D eigenvalue weighted by Gasteiger charge is 2.30. The van der Waals surface area contributed by atoms with E-state index in [1.165, 1.54) is 12.1 Å². The predicted octanol–water partition coefficient (Wildman–Crippen LogP) is 3.58. The van der Waals surface area contributed by atoms with Gasteiger partial charge in [-0.25, -0.2) is 4.39 Å². The smallest absolute Gasteiger partial charge is 0.243 e. The van der Waals surface area contributed by atoms with E-state index in [-0.39, 0.29) is 11.9 Å². The van der Waals surface area contributed by atoms with Gasteiger partial charge >= 0.3 is 0 Å². The number of nitrogens with zero attached hydrogens (tertiary/aromatic N) is 2. The largest absolute Gasteiger partial charge is 0.338 e. The molecule has 2 N–H and O–H groups in total. The van der Waals surface area contributed by atoms with Crippen molar-refractivity contribution in [3.8, 4) is 0 Å². The van der Waals surface area contributed by atoms with Crippen molar-refractivity contribution in [3.05, 3.63) is 47.4 Å². The Labute approximate surface area is 124 Å². The molecule has 0 saturated carbocycles. The van der Waals surface area contributed by atoms with Crippen LogP contribution in [-0.2, 0) is 5.41 Å². The molecule has 0 spiro atoms. The third-order valence-electron chi connectivity index (χ3n) is 3.61. The molecule has 1 atom stereocenters. The summed E-state index contributed by atoms with van der Waals surface area (Å²) in [4.78, 5) is 4.44. The van der Waals surface area contributed by atoms with Gasteiger partial charge in [-0.3, -0.25) is 0 Å². The quantitative estimate of drug-likeness (QED) is 0.914. The van der Waals surface area contributed by atoms with Crippen LogP contribution in [0.3, 0.4) is 0 Å². The second kappa shape index (κ2) is 5.93. The first-order valence-electron chi connectivity index (χ1n) is 7.16. The Kier molecular flexibility index (Phi) is 4.42. The van der Waals surface area contributed by atoms with Crippen LogP contribution in [0.2, 0.25) is 0 Å². The highest BCUT2D eigenvalue weighted by atomic mass is 19.1. The lowest BCUT2D eigenvalue weighted by molar-refractivity contribution is 0.329. The van der Waals surface area contributed by atoms with E-state index in [2.05, 4.69) is 24.0 Å². The van der Waals surface area contributed by atoms with Crippen molar-refractivity contribution in [3.63, 3.8) is 0 Å². The Morgan fingerprint density at radius 3 is 2.43 bits per heavy atom. The minimum atomic E-state index is -0.465. The summed E-state index contributed by atoms with van der Waals surface area (Å²) in [5.41, 5.74) is 6.52. The first kappa shape index (κ1) is 15.6. The first-order chi connectivity index (χ1) is 9.80. The molecule has 2 rings (SSSR count). The molecule has 0 aliphatic carbocycles. The van der Waals surface area contributed by atoms with Crippen LogP contribution < -0.4 is 5.73 Å². The van der Waals surface area contributed by atoms with E-state index in [0.29, 0.717) is 17.6 Å². The third kappa shape index (κ3) is 3.47. The lowest BCUT2D eigenvalue weighted by Gasteiger charge is -2.20. The summed E-state index contributed by atoms with van der Waals surface area (Å²) in [6.45, 7) is 8.14. The van der Waals surface area contributed by atoms with Gasteiger partial charge in [0.1, 0.15) is 5.82 Å². The molecule has 0 bridgehead atoms. The Hall–Kier alpha value is -1.75. The van der Waals surface area contributed by atoms with E-state index >= 15 is 0 Å². The highest BCUT2D eigenvalue weighted by Crippen LogP contribution is 2.30. The van der Waals surface area contributed by atoms with E-state index in [9.17, 15) is 4.39 Å². The van der Waals surface area contributed by atoms with Crippen LogP contribution in [0.4, 0.5) is 4.39 Å². The maximum Gasteiger partial charge on any atom is 0.243 e. The normalized spacial score (nSPS) is 13.7. The van der Waals surface area contributed by atoms with Gasteiger partial charge in [-0.1, -0.05) is 31.1 Å². The monoisotopic (exact) mass is 291 g/mol. The summed E-state index contributed by atoms with van der Waals surface area (Å²) in [6.07, 6.45) is 0.790. The lowest BCUT2D eigenvalue weighted by atomic mass is 9.84. The van der Waals surface area contributed by atoms with Crippen LogP contribution in [-0.4, -0.2) is 10.1 Å². The SMILES string of the molecule is CC(C)CC(N)c1nc(C(C)(C)c2ccc(F)cc2)no1. The fraction of sp³-hybridized carbons (Fsp3) is 0.500. The van der Waals surface area contributed by atoms with Crippen LogP contribution in [0.25, 0.3) is 0 Å². The Balaban J connectivity index is 2.25. The molecule has 21 heavy (non-hydrogen) atoms. The van der Waals surface area contributed by atoms with E-state index in [1.54, 1.807) is 12.1 Å². The number of aromatic nitrogens is 2. The maximum absolute atomic E-state index is 13.0. The van der Waals surface area contributed by atoms with Gasteiger partial charge in [-0.15, -0.1) is 0 Å². The molecule has 114 valence electrons. The van der Waals surface area contributed by atoms with Crippen molar-refractivity contribution >= 4 is 0 Å². The number of benzene rings is 1. The molecule has 0 saturated heterocycles. The highest BCUT2D eigenvalue weighted by molar-refractivity contribution is 5.30. The van der Waals surface area contributed by atoms with Crippen molar-refractivity contribution in [2.24, 2.45) is 11.7 Å². The minimum absolute atomic E-state index is 0.254. The van der Waals surface area contributed by atoms with Crippen molar-refractivity contribution in [1.29, 1.82) is 0 Å². The fourth-order valence-electron chi connectivity index (χ4n) is 2.24. The van der Waals surface area contributed by atoms with Gasteiger partial charge in [0.25, 0.3) is 0 Å². The topological polar surface area (TPSA) is 64.9 Å². The Morgan fingerprint density at radius 2 is 1.86 bits per heavy atom. The number of halogens is 1. The van der Waals surface area contributed by atoms with Crippen molar-refractivity contribution in [2.75, 3.05) is 0 Å². The molecule has 1 aromatic heterocycles. The van der Waals surface area contributed by atoms with E-state index < -0.39 is 5.41 Å². The van der Waals surface area contributed by atoms with Crippen LogP contribution in [0.15, 0.2) is 28.8 Å². The molecule has 1 aromatic carbocycles. The zero-order valence-electron chi connectivity index (χ0n) is 12.9. The summed E-state index contributed by atoms with van der Waals surface area (Å²) in [5, 5.41) is 4.06. The maximum atomic E-state index is 13.0. The van der Waals surface area contributed by atoms with Crippen LogP contribution in [0, 0.1) is 11.7 Å². The molecule has 0 fully saturated rings. The van der Waals surface area contributed by atoms with Crippen LogP contribution in [0.5, 0.6) is 0 Å². The van der Waals surface area contributed by atoms with Crippen LogP contribution >= 0.6 is 0 Å². The summed E-state index contributed by atoms with van der Waals surface area (Å²) in [5.74, 6) is 1.21. The average Bonchev–Trinajstić information content (AvgIpc) is 2.88. The second-order valence-electron chi connectivity index (χ2n) is 6.32. The first-order valence-corrected chi connectivity index (χ1v) is 7.16. The van der Waals surface area contributed by atoms with Gasteiger partial charge in [0.2, 0.25) is 5.89 Å². The lowest BCUT2D eigenvalue weighted by Crippen LogP contribution is -2.21. The average molecular weight is 291 g/mol. The fourth-order valence-corrected chi connectivity index (χ4v) is 2.24. The molecular formula is C16H22FN3O. The number of hydrogen-bond acceptors (Lipinski definition) is 4. The molecule has 0 aliphatic heterocycles. The van der Waals surface area contributed by atoms with Gasteiger partial charge in [0, 0.05) is 0 Å². The Morgan fingerprint density at radius 1 is 1.24 bits per heavy atom. The molecule has 0 radical (unpaired) electrons. The standard InChI is InChI=1S/C16H22FN3O/c1-10(2)9-13(18)14-19-15(20-21-14)16(3,4)11-5-7-12(17)8-6-11/h5-8,10,13H,9,18H2,1-4H3. The van der Waals surface area contributed by atoms with Gasteiger partial charge in [-0.2, -0.15) is 4.98 Å². The van der Waals surface area contributed by atoms with E-state index in [1.807, 2.05) is 13.8 Å². The molecule has 0 aliphatic rings. The minimum Gasteiger partial charge on any atom is -0.338 e. The summed E-state index contributed by atoms with van der Waals surface area (Å²) >= 11 is 0. The van der Waals surface area contributed by atoms with E-state index in [4.69, 9.17) is 10.3 Å². The predicted molar refractivity (Wildman–Crippen MR) is 79.2 cm³/mol. The second-order valence-corrected chi connectivity index (χ2v) is 6.32. The molecule has 5 heteroatoms. The molecule has 1 heterocycles. The van der Waals surface area contributed by atoms with Gasteiger partial charge in [0.05, 0.1) is 11.5 Å². The Bertz CT molecular complexity index is 590. The van der Waals surface area contributed by atoms with Crippen molar-refractivity contribution < 1.29 is 8.91 Å². The number of nitrogens with two attached hydrogens (primary N) is 1.